The lowest BCUT2D eigenvalue weighted by Crippen LogP contribution is -2.08. The third kappa shape index (κ3) is 3.89. The Bertz CT molecular complexity index is 410. The highest BCUT2D eigenvalue weighted by Gasteiger charge is 2.11. The average molecular weight is 255 g/mol. The van der Waals surface area contributed by atoms with Gasteiger partial charge in [0.25, 0.3) is 0 Å². The molecular weight excluding hydrogens is 238 g/mol. The van der Waals surface area contributed by atoms with Gasteiger partial charge in [0, 0.05) is 12.1 Å². The highest BCUT2D eigenvalue weighted by Crippen LogP contribution is 2.24. The van der Waals surface area contributed by atoms with E-state index in [4.69, 9.17) is 0 Å². The zero-order valence-electron chi connectivity index (χ0n) is 10.5. The summed E-state index contributed by atoms with van der Waals surface area (Å²) in [6.07, 6.45) is 0. The Labute approximate surface area is 105 Å². The molecule has 0 aromatic carbocycles. The molecule has 0 bridgehead atoms. The van der Waals surface area contributed by atoms with Crippen molar-refractivity contribution in [2.24, 2.45) is 0 Å². The first-order valence-corrected chi connectivity index (χ1v) is 6.35. The van der Waals surface area contributed by atoms with Crippen LogP contribution in [0.4, 0.5) is 5.82 Å². The summed E-state index contributed by atoms with van der Waals surface area (Å²) in [6, 6.07) is 0. The zero-order chi connectivity index (χ0) is 12.8. The Hall–Kier alpha value is -1.30. The van der Waals surface area contributed by atoms with E-state index < -0.39 is 0 Å². The molecule has 0 fully saturated rings. The fourth-order valence-corrected chi connectivity index (χ4v) is 2.15. The Morgan fingerprint density at radius 2 is 2.12 bits per heavy atom. The van der Waals surface area contributed by atoms with Gasteiger partial charge in [-0.15, -0.1) is 0 Å². The number of rotatable bonds is 5. The van der Waals surface area contributed by atoms with E-state index in [1.807, 2.05) is 20.8 Å². The second-order valence-corrected chi connectivity index (χ2v) is 4.41. The number of esters is 1. The van der Waals surface area contributed by atoms with Crippen molar-refractivity contribution >= 4 is 23.5 Å². The van der Waals surface area contributed by atoms with E-state index >= 15 is 0 Å². The van der Waals surface area contributed by atoms with Crippen LogP contribution >= 0.6 is 11.8 Å². The molecule has 0 radical (unpaired) electrons. The van der Waals surface area contributed by atoms with Crippen molar-refractivity contribution in [2.45, 2.75) is 25.8 Å². The van der Waals surface area contributed by atoms with Crippen LogP contribution in [0.5, 0.6) is 0 Å². The summed E-state index contributed by atoms with van der Waals surface area (Å²) < 4.78 is 4.60. The van der Waals surface area contributed by atoms with Crippen LogP contribution in [-0.4, -0.2) is 35.3 Å². The summed E-state index contributed by atoms with van der Waals surface area (Å²) in [7, 11) is 1.38. The van der Waals surface area contributed by atoms with E-state index in [2.05, 4.69) is 20.0 Å². The lowest BCUT2D eigenvalue weighted by molar-refractivity contribution is -0.137. The predicted molar refractivity (Wildman–Crippen MR) is 68.4 cm³/mol. The zero-order valence-corrected chi connectivity index (χ0v) is 11.3. The average Bonchev–Trinajstić information content (AvgIpc) is 2.31. The number of nitrogens with one attached hydrogen (secondary N) is 1. The van der Waals surface area contributed by atoms with E-state index in [0.29, 0.717) is 5.82 Å². The minimum absolute atomic E-state index is 0.254. The summed E-state index contributed by atoms with van der Waals surface area (Å²) in [4.78, 5) is 19.7. The van der Waals surface area contributed by atoms with Gasteiger partial charge in [-0.1, -0.05) is 11.8 Å². The quantitative estimate of drug-likeness (QED) is 0.491. The van der Waals surface area contributed by atoms with Crippen molar-refractivity contribution in [1.82, 2.24) is 9.97 Å². The van der Waals surface area contributed by atoms with Gasteiger partial charge < -0.3 is 10.1 Å². The first-order valence-electron chi connectivity index (χ1n) is 5.37. The molecule has 0 unspecified atom stereocenters. The van der Waals surface area contributed by atoms with Gasteiger partial charge in [0.2, 0.25) is 0 Å². The summed E-state index contributed by atoms with van der Waals surface area (Å²) in [5.74, 6) is 1.53. The molecule has 0 aliphatic carbocycles. The molecule has 0 aliphatic heterocycles. The summed E-state index contributed by atoms with van der Waals surface area (Å²) >= 11 is 1.37. The highest BCUT2D eigenvalue weighted by molar-refractivity contribution is 7.99. The summed E-state index contributed by atoms with van der Waals surface area (Å²) in [5.41, 5.74) is 0.964. The van der Waals surface area contributed by atoms with Gasteiger partial charge in [0.1, 0.15) is 16.7 Å². The standard InChI is InChI=1S/C11H17N3O2S/c1-5-12-10-7(2)11(14-8(3)13-10)17-6-9(15)16-4/h5-6H2,1-4H3,(H,12,13,14). The van der Waals surface area contributed by atoms with Crippen molar-refractivity contribution in [3.8, 4) is 0 Å². The SMILES string of the molecule is CCNc1nc(C)nc(SCC(=O)OC)c1C. The fourth-order valence-electron chi connectivity index (χ4n) is 1.27. The molecule has 1 aromatic heterocycles. The van der Waals surface area contributed by atoms with Crippen LogP contribution in [-0.2, 0) is 9.53 Å². The molecule has 5 nitrogen and oxygen atoms in total. The summed E-state index contributed by atoms with van der Waals surface area (Å²) in [5, 5.41) is 4.00. The van der Waals surface area contributed by atoms with E-state index in [9.17, 15) is 4.79 Å². The molecule has 17 heavy (non-hydrogen) atoms. The van der Waals surface area contributed by atoms with E-state index in [1.54, 1.807) is 0 Å². The number of anilines is 1. The van der Waals surface area contributed by atoms with Gasteiger partial charge in [0.05, 0.1) is 12.9 Å². The number of carbonyl (C=O) groups is 1. The van der Waals surface area contributed by atoms with Gasteiger partial charge in [-0.3, -0.25) is 4.79 Å². The van der Waals surface area contributed by atoms with Crippen LogP contribution in [0, 0.1) is 13.8 Å². The minimum Gasteiger partial charge on any atom is -0.468 e. The summed E-state index contributed by atoms with van der Waals surface area (Å²) in [6.45, 7) is 6.59. The van der Waals surface area contributed by atoms with Crippen LogP contribution in [0.2, 0.25) is 0 Å². The molecule has 0 amide bonds. The fraction of sp³-hybridized carbons (Fsp3) is 0.545. The minimum atomic E-state index is -0.254. The van der Waals surface area contributed by atoms with Crippen molar-refractivity contribution in [3.05, 3.63) is 11.4 Å². The van der Waals surface area contributed by atoms with Crippen LogP contribution in [0.1, 0.15) is 18.3 Å². The molecule has 1 rings (SSSR count). The van der Waals surface area contributed by atoms with Gasteiger partial charge in [-0.05, 0) is 20.8 Å². The van der Waals surface area contributed by atoms with Crippen molar-refractivity contribution < 1.29 is 9.53 Å². The van der Waals surface area contributed by atoms with Gasteiger partial charge >= 0.3 is 5.97 Å². The first kappa shape index (κ1) is 13.8. The second-order valence-electron chi connectivity index (χ2n) is 3.44. The molecule has 1 aromatic rings. The van der Waals surface area contributed by atoms with Crippen LogP contribution < -0.4 is 5.32 Å². The second kappa shape index (κ2) is 6.44. The molecule has 0 atom stereocenters. The maximum atomic E-state index is 11.1. The first-order chi connectivity index (χ1) is 8.08. The number of aromatic nitrogens is 2. The number of methoxy groups -OCH3 is 1. The number of ether oxygens (including phenoxy) is 1. The van der Waals surface area contributed by atoms with E-state index in [-0.39, 0.29) is 11.7 Å². The molecule has 0 saturated carbocycles. The highest BCUT2D eigenvalue weighted by atomic mass is 32.2. The number of hydrogen-bond acceptors (Lipinski definition) is 6. The topological polar surface area (TPSA) is 64.1 Å². The molecule has 0 spiro atoms. The largest absolute Gasteiger partial charge is 0.468 e. The normalized spacial score (nSPS) is 10.1. The lowest BCUT2D eigenvalue weighted by Gasteiger charge is -2.11. The van der Waals surface area contributed by atoms with Gasteiger partial charge in [-0.2, -0.15) is 0 Å². The van der Waals surface area contributed by atoms with Gasteiger partial charge in [0.15, 0.2) is 0 Å². The predicted octanol–water partition coefficient (Wildman–Crippen LogP) is 1.79. The lowest BCUT2D eigenvalue weighted by atomic mass is 10.3. The number of nitrogens with zero attached hydrogens (tertiary/aromatic N) is 2. The van der Waals surface area contributed by atoms with Crippen molar-refractivity contribution in [3.63, 3.8) is 0 Å². The van der Waals surface area contributed by atoms with E-state index in [0.717, 1.165) is 23.0 Å². The molecule has 0 saturated heterocycles. The number of carbonyl (C=O) groups excluding carboxylic acids is 1. The van der Waals surface area contributed by atoms with Crippen molar-refractivity contribution in [1.29, 1.82) is 0 Å². The third-order valence-electron chi connectivity index (χ3n) is 2.11. The number of thioether (sulfide) groups is 1. The molecule has 6 heteroatoms. The Morgan fingerprint density at radius 3 is 2.71 bits per heavy atom. The smallest absolute Gasteiger partial charge is 0.316 e. The number of aryl methyl sites for hydroxylation is 1. The maximum Gasteiger partial charge on any atom is 0.316 e. The Kier molecular flexibility index (Phi) is 5.21. The number of hydrogen-bond donors (Lipinski definition) is 1. The Balaban J connectivity index is 2.87. The molecular formula is C11H17N3O2S. The monoisotopic (exact) mass is 255 g/mol. The molecule has 1 N–H and O–H groups in total. The van der Waals surface area contributed by atoms with E-state index in [1.165, 1.54) is 18.9 Å². The van der Waals surface area contributed by atoms with Crippen LogP contribution in [0.25, 0.3) is 0 Å². The maximum absolute atomic E-state index is 11.1. The Morgan fingerprint density at radius 1 is 1.41 bits per heavy atom. The molecule has 0 aliphatic rings. The molecule has 94 valence electrons. The molecule has 1 heterocycles. The van der Waals surface area contributed by atoms with Gasteiger partial charge in [-0.25, -0.2) is 9.97 Å². The van der Waals surface area contributed by atoms with Crippen LogP contribution in [0.15, 0.2) is 5.03 Å². The van der Waals surface area contributed by atoms with Crippen LogP contribution in [0.3, 0.4) is 0 Å². The third-order valence-corrected chi connectivity index (χ3v) is 3.16. The van der Waals surface area contributed by atoms with Crippen molar-refractivity contribution in [2.75, 3.05) is 24.7 Å².